The van der Waals surface area contributed by atoms with Crippen molar-refractivity contribution in [3.63, 3.8) is 0 Å². The molecule has 4 rings (SSSR count). The van der Waals surface area contributed by atoms with Gasteiger partial charge in [0.05, 0.1) is 4.90 Å². The molecule has 8 heteroatoms. The zero-order valence-corrected chi connectivity index (χ0v) is 17.5. The number of rotatable bonds is 6. The van der Waals surface area contributed by atoms with Crippen molar-refractivity contribution in [3.8, 4) is 0 Å². The van der Waals surface area contributed by atoms with Gasteiger partial charge in [-0.2, -0.15) is 0 Å². The molecular weight excluding hydrogens is 413 g/mol. The zero-order chi connectivity index (χ0) is 21.4. The molecule has 0 atom stereocenters. The van der Waals surface area contributed by atoms with Gasteiger partial charge in [0.15, 0.2) is 0 Å². The SMILES string of the molecule is O=S(=O)(c1ccc(N2CCC2)cc1)C1(F)CCN(CCc2ccc(F)cc2F)CC1. The van der Waals surface area contributed by atoms with Crippen molar-refractivity contribution in [2.45, 2.75) is 35.6 Å². The van der Waals surface area contributed by atoms with Gasteiger partial charge in [0, 0.05) is 57.3 Å². The summed E-state index contributed by atoms with van der Waals surface area (Å²) in [5, 5.41) is -2.30. The highest BCUT2D eigenvalue weighted by Gasteiger charge is 2.47. The highest BCUT2D eigenvalue weighted by molar-refractivity contribution is 7.92. The normalized spacial score (nSPS) is 19.5. The van der Waals surface area contributed by atoms with E-state index in [-0.39, 0.29) is 30.8 Å². The quantitative estimate of drug-likeness (QED) is 0.685. The van der Waals surface area contributed by atoms with E-state index in [1.54, 1.807) is 12.1 Å². The molecule has 2 aliphatic heterocycles. The molecule has 2 aromatic carbocycles. The van der Waals surface area contributed by atoms with E-state index >= 15 is 4.39 Å². The van der Waals surface area contributed by atoms with Crippen molar-refractivity contribution in [3.05, 3.63) is 59.7 Å². The van der Waals surface area contributed by atoms with Crippen LogP contribution in [0.5, 0.6) is 0 Å². The van der Waals surface area contributed by atoms with Crippen LogP contribution in [0.15, 0.2) is 47.4 Å². The van der Waals surface area contributed by atoms with Gasteiger partial charge in [0.25, 0.3) is 0 Å². The summed E-state index contributed by atoms with van der Waals surface area (Å²) in [6, 6.07) is 9.92. The minimum atomic E-state index is -4.11. The second-order valence-corrected chi connectivity index (χ2v) is 10.3. The number of benzene rings is 2. The predicted molar refractivity (Wildman–Crippen MR) is 110 cm³/mol. The highest BCUT2D eigenvalue weighted by atomic mass is 32.2. The molecule has 4 nitrogen and oxygen atoms in total. The van der Waals surface area contributed by atoms with Crippen LogP contribution >= 0.6 is 0 Å². The fourth-order valence-corrected chi connectivity index (χ4v) is 5.64. The summed E-state index contributed by atoms with van der Waals surface area (Å²) >= 11 is 0. The van der Waals surface area contributed by atoms with Crippen molar-refractivity contribution in [1.29, 1.82) is 0 Å². The first kappa shape index (κ1) is 21.2. The van der Waals surface area contributed by atoms with Crippen molar-refractivity contribution >= 4 is 15.5 Å². The Hall–Kier alpha value is -2.06. The summed E-state index contributed by atoms with van der Waals surface area (Å²) in [4.78, 5) is 4.07. The number of anilines is 1. The van der Waals surface area contributed by atoms with Gasteiger partial charge >= 0.3 is 0 Å². The van der Waals surface area contributed by atoms with Gasteiger partial charge in [-0.3, -0.25) is 0 Å². The molecule has 162 valence electrons. The molecule has 0 amide bonds. The minimum Gasteiger partial charge on any atom is -0.371 e. The van der Waals surface area contributed by atoms with E-state index in [0.717, 1.165) is 31.3 Å². The number of halogens is 3. The number of alkyl halides is 1. The lowest BCUT2D eigenvalue weighted by Crippen LogP contribution is -2.46. The minimum absolute atomic E-state index is 0.0103. The molecule has 30 heavy (non-hydrogen) atoms. The molecular formula is C22H25F3N2O2S. The van der Waals surface area contributed by atoms with Crippen LogP contribution in [-0.4, -0.2) is 51.0 Å². The number of likely N-dealkylation sites (tertiary alicyclic amines) is 1. The average Bonchev–Trinajstić information content (AvgIpc) is 2.68. The summed E-state index contributed by atoms with van der Waals surface area (Å²) in [7, 11) is -4.11. The number of nitrogens with zero attached hydrogens (tertiary/aromatic N) is 2. The maximum Gasteiger partial charge on any atom is 0.217 e. The van der Waals surface area contributed by atoms with Crippen LogP contribution in [0.3, 0.4) is 0 Å². The molecule has 0 aliphatic carbocycles. The van der Waals surface area contributed by atoms with Crippen LogP contribution < -0.4 is 4.90 Å². The van der Waals surface area contributed by atoms with E-state index in [2.05, 4.69) is 4.90 Å². The van der Waals surface area contributed by atoms with Crippen LogP contribution in [0.25, 0.3) is 0 Å². The van der Waals surface area contributed by atoms with Gasteiger partial charge in [-0.05, 0) is 48.7 Å². The lowest BCUT2D eigenvalue weighted by Gasteiger charge is -2.36. The zero-order valence-electron chi connectivity index (χ0n) is 16.7. The Kier molecular flexibility index (Phi) is 5.81. The Morgan fingerprint density at radius 3 is 2.17 bits per heavy atom. The van der Waals surface area contributed by atoms with E-state index in [4.69, 9.17) is 0 Å². The van der Waals surface area contributed by atoms with Crippen LogP contribution in [0, 0.1) is 11.6 Å². The van der Waals surface area contributed by atoms with Gasteiger partial charge in [-0.1, -0.05) is 6.07 Å². The second kappa shape index (κ2) is 8.23. The molecule has 2 fully saturated rings. The van der Waals surface area contributed by atoms with Gasteiger partial charge in [-0.25, -0.2) is 21.6 Å². The molecule has 0 spiro atoms. The molecule has 0 radical (unpaired) electrons. The lowest BCUT2D eigenvalue weighted by molar-refractivity contribution is 0.120. The van der Waals surface area contributed by atoms with E-state index in [9.17, 15) is 17.2 Å². The summed E-state index contributed by atoms with van der Waals surface area (Å²) in [6.45, 7) is 2.91. The molecule has 2 aromatic rings. The Labute approximate surface area is 175 Å². The van der Waals surface area contributed by atoms with E-state index in [0.29, 0.717) is 18.5 Å². The molecule has 2 saturated heterocycles. The second-order valence-electron chi connectivity index (χ2n) is 8.05. The standard InChI is InChI=1S/C22H25F3N2O2S/c23-18-3-2-17(21(24)16-18)8-13-26-14-9-22(25,10-15-26)30(28,29)20-6-4-19(5-7-20)27-11-1-12-27/h2-7,16H,1,8-15H2. The van der Waals surface area contributed by atoms with Crippen LogP contribution in [0.1, 0.15) is 24.8 Å². The fourth-order valence-electron chi connectivity index (χ4n) is 4.00. The third-order valence-corrected chi connectivity index (χ3v) is 8.43. The van der Waals surface area contributed by atoms with E-state index in [1.807, 2.05) is 4.90 Å². The lowest BCUT2D eigenvalue weighted by atomic mass is 10.1. The van der Waals surface area contributed by atoms with Gasteiger partial charge in [0.1, 0.15) is 11.6 Å². The predicted octanol–water partition coefficient (Wildman–Crippen LogP) is 3.95. The maximum atomic E-state index is 15.5. The first-order chi connectivity index (χ1) is 14.3. The molecule has 0 N–H and O–H groups in total. The molecule has 0 unspecified atom stereocenters. The first-order valence-corrected chi connectivity index (χ1v) is 11.7. The topological polar surface area (TPSA) is 40.6 Å². The van der Waals surface area contributed by atoms with Crippen LogP contribution in [0.2, 0.25) is 0 Å². The van der Waals surface area contributed by atoms with Crippen LogP contribution in [-0.2, 0) is 16.3 Å². The Morgan fingerprint density at radius 1 is 0.933 bits per heavy atom. The fraction of sp³-hybridized carbons (Fsp3) is 0.455. The maximum absolute atomic E-state index is 15.5. The number of sulfone groups is 1. The van der Waals surface area contributed by atoms with Gasteiger partial charge < -0.3 is 9.80 Å². The summed E-state index contributed by atoms with van der Waals surface area (Å²) in [5.41, 5.74) is 1.35. The molecule has 0 saturated carbocycles. The van der Waals surface area contributed by atoms with E-state index in [1.165, 1.54) is 24.3 Å². The highest BCUT2D eigenvalue weighted by Crippen LogP contribution is 2.37. The summed E-state index contributed by atoms with van der Waals surface area (Å²) in [5.74, 6) is -1.23. The molecule has 2 aliphatic rings. The van der Waals surface area contributed by atoms with Crippen molar-refractivity contribution in [2.75, 3.05) is 37.6 Å². The number of piperidine rings is 1. The van der Waals surface area contributed by atoms with Crippen molar-refractivity contribution < 1.29 is 21.6 Å². The molecule has 0 aromatic heterocycles. The summed E-state index contributed by atoms with van der Waals surface area (Å²) in [6.07, 6.45) is 1.22. The number of hydrogen-bond acceptors (Lipinski definition) is 4. The molecule has 0 bridgehead atoms. The van der Waals surface area contributed by atoms with Gasteiger partial charge in [0.2, 0.25) is 14.8 Å². The van der Waals surface area contributed by atoms with E-state index < -0.39 is 26.5 Å². The van der Waals surface area contributed by atoms with Crippen molar-refractivity contribution in [1.82, 2.24) is 4.90 Å². The monoisotopic (exact) mass is 438 g/mol. The third kappa shape index (κ3) is 4.07. The van der Waals surface area contributed by atoms with Crippen molar-refractivity contribution in [2.24, 2.45) is 0 Å². The van der Waals surface area contributed by atoms with Gasteiger partial charge in [-0.15, -0.1) is 0 Å². The smallest absolute Gasteiger partial charge is 0.217 e. The Balaban J connectivity index is 1.37. The number of hydrogen-bond donors (Lipinski definition) is 0. The summed E-state index contributed by atoms with van der Waals surface area (Å²) < 4.78 is 68.2. The largest absolute Gasteiger partial charge is 0.371 e. The Bertz CT molecular complexity index is 1000. The molecule has 2 heterocycles. The average molecular weight is 439 g/mol. The Morgan fingerprint density at radius 2 is 1.60 bits per heavy atom. The third-order valence-electron chi connectivity index (χ3n) is 6.17. The van der Waals surface area contributed by atoms with Crippen LogP contribution in [0.4, 0.5) is 18.9 Å². The first-order valence-electron chi connectivity index (χ1n) is 10.2.